The normalized spacial score (nSPS) is 20.9. The van der Waals surface area contributed by atoms with Crippen LogP contribution in [-0.4, -0.2) is 24.0 Å². The quantitative estimate of drug-likeness (QED) is 0.409. The molecule has 132 valence electrons. The summed E-state index contributed by atoms with van der Waals surface area (Å²) in [5, 5.41) is 0.634. The molecule has 2 fully saturated rings. The van der Waals surface area contributed by atoms with E-state index in [2.05, 4.69) is 20.8 Å². The van der Waals surface area contributed by atoms with Gasteiger partial charge in [0.25, 0.3) is 0 Å². The molecule has 0 nitrogen and oxygen atoms in total. The van der Waals surface area contributed by atoms with Crippen LogP contribution in [0.25, 0.3) is 0 Å². The van der Waals surface area contributed by atoms with E-state index in [0.717, 1.165) is 11.3 Å². The first-order valence-corrected chi connectivity index (χ1v) is 10.3. The fraction of sp³-hybridized carbons (Fsp3) is 1.00. The first-order chi connectivity index (χ1) is 9.82. The predicted octanol–water partition coefficient (Wildman–Crippen LogP) is 3.55. The van der Waals surface area contributed by atoms with Crippen LogP contribution in [0.5, 0.6) is 0 Å². The summed E-state index contributed by atoms with van der Waals surface area (Å²) in [5.74, 6) is 0. The van der Waals surface area contributed by atoms with E-state index < -0.39 is 7.54 Å². The molecular weight excluding hydrogens is 310 g/mol. The fourth-order valence-electron chi connectivity index (χ4n) is 4.39. The molecule has 0 atom stereocenters. The van der Waals surface area contributed by atoms with Gasteiger partial charge in [0.1, 0.15) is 0 Å². The van der Waals surface area contributed by atoms with E-state index in [4.69, 9.17) is 0 Å². The van der Waals surface area contributed by atoms with E-state index in [9.17, 15) is 12.9 Å². The highest BCUT2D eigenvalue weighted by atomic mass is 31.1. The van der Waals surface area contributed by atoms with Crippen LogP contribution in [-0.2, 0) is 0 Å². The van der Waals surface area contributed by atoms with Gasteiger partial charge >= 0.3 is 7.54 Å². The summed E-state index contributed by atoms with van der Waals surface area (Å²) in [5.41, 5.74) is 2.30. The molecule has 0 amide bonds. The van der Waals surface area contributed by atoms with Crippen molar-refractivity contribution < 1.29 is 17.7 Å². The van der Waals surface area contributed by atoms with Gasteiger partial charge < -0.3 is 4.70 Å². The molecule has 0 N–H and O–H groups in total. The summed E-state index contributed by atoms with van der Waals surface area (Å²) in [6.45, 7) is 7.64. The molecule has 6 heteroatoms. The lowest BCUT2D eigenvalue weighted by Gasteiger charge is -2.39. The fourth-order valence-corrected chi connectivity index (χ4v) is 9.56. The van der Waals surface area contributed by atoms with Crippen LogP contribution in [0.1, 0.15) is 85.0 Å². The zero-order valence-electron chi connectivity index (χ0n) is 14.3. The van der Waals surface area contributed by atoms with Gasteiger partial charge in [0, 0.05) is 7.92 Å². The Morgan fingerprint density at radius 1 is 0.727 bits per heavy atom. The zero-order chi connectivity index (χ0) is 15.9. The molecule has 2 aliphatic carbocycles. The van der Waals surface area contributed by atoms with Crippen molar-refractivity contribution in [1.29, 1.82) is 0 Å². The van der Waals surface area contributed by atoms with Gasteiger partial charge in [-0.3, -0.25) is 12.9 Å². The topological polar surface area (TPSA) is 0 Å². The Balaban J connectivity index is 0.000000791. The maximum atomic E-state index is 9.67. The van der Waals surface area contributed by atoms with Gasteiger partial charge in [0.05, 0.1) is 16.5 Å². The van der Waals surface area contributed by atoms with Crippen molar-refractivity contribution in [2.45, 2.75) is 101 Å². The summed E-state index contributed by atoms with van der Waals surface area (Å²) in [6, 6.07) is 0. The Hall–Kier alpha value is 0.215. The standard InChI is InChI=1S/C16H31P.BF3.FH/c1-16(2,3)17(14-10-6-4-7-11-14)15-12-8-5-9-13-15;2-1(3)4;/h14-15H,4-13H2,1-3H3;;1H. The highest BCUT2D eigenvalue weighted by molar-refractivity contribution is 7.60. The smallest absolute Gasteiger partial charge is 0.762 e. The molecule has 0 saturated heterocycles. The first-order valence-electron chi connectivity index (χ1n) is 8.61. The van der Waals surface area contributed by atoms with Crippen molar-refractivity contribution >= 4 is 15.5 Å². The molecule has 0 spiro atoms. The molecular formula is C16H32BF4P. The molecule has 0 aliphatic heterocycles. The number of hydrogen-bond donors (Lipinski definition) is 0. The van der Waals surface area contributed by atoms with Crippen LogP contribution in [0.2, 0.25) is 0 Å². The second kappa shape index (κ2) is 10.9. The van der Waals surface area contributed by atoms with E-state index in [1.807, 2.05) is 0 Å². The Kier molecular flexibility index (Phi) is 11.0. The van der Waals surface area contributed by atoms with Gasteiger partial charge in [0.2, 0.25) is 0 Å². The molecule has 0 aromatic carbocycles. The summed E-state index contributed by atoms with van der Waals surface area (Å²) in [7, 11) is -3.83. The summed E-state index contributed by atoms with van der Waals surface area (Å²) in [6.07, 6.45) is 15.4. The van der Waals surface area contributed by atoms with E-state index >= 15 is 0 Å². The van der Waals surface area contributed by atoms with E-state index in [0.29, 0.717) is 5.16 Å². The van der Waals surface area contributed by atoms with Crippen LogP contribution in [0.3, 0.4) is 0 Å². The lowest BCUT2D eigenvalue weighted by atomic mass is 9.99. The Morgan fingerprint density at radius 3 is 1.23 bits per heavy atom. The molecule has 0 aromatic rings. The van der Waals surface area contributed by atoms with E-state index in [-0.39, 0.29) is 12.6 Å². The van der Waals surface area contributed by atoms with Crippen LogP contribution in [0, 0.1) is 0 Å². The third-order valence-corrected chi connectivity index (χ3v) is 9.60. The third-order valence-electron chi connectivity index (χ3n) is 4.96. The number of halogens is 4. The van der Waals surface area contributed by atoms with Gasteiger partial charge in [-0.2, -0.15) is 0 Å². The first kappa shape index (κ1) is 22.2. The minimum atomic E-state index is -3.67. The van der Waals surface area contributed by atoms with Crippen molar-refractivity contribution in [3.63, 3.8) is 0 Å². The second-order valence-electron chi connectivity index (χ2n) is 7.62. The monoisotopic (exact) mass is 342 g/mol. The highest BCUT2D eigenvalue weighted by Gasteiger charge is 2.44. The minimum Gasteiger partial charge on any atom is -1.00 e. The van der Waals surface area contributed by atoms with Crippen LogP contribution in [0.15, 0.2) is 0 Å². The van der Waals surface area contributed by atoms with Gasteiger partial charge in [-0.25, -0.2) is 0 Å². The number of hydrogen-bond acceptors (Lipinski definition) is 0. The zero-order valence-corrected chi connectivity index (χ0v) is 15.3. The van der Waals surface area contributed by atoms with Crippen molar-refractivity contribution in [3.8, 4) is 0 Å². The highest BCUT2D eigenvalue weighted by Crippen LogP contribution is 2.63. The Bertz CT molecular complexity index is 251. The third kappa shape index (κ3) is 8.18. The SMILES string of the molecule is CC(C)(C)[PH+](C1CCCCC1)C1CCCCC1.FB(F)F.[F-]. The lowest BCUT2D eigenvalue weighted by molar-refractivity contribution is -0.00000759. The summed E-state index contributed by atoms with van der Waals surface area (Å²) >= 11 is 0. The van der Waals surface area contributed by atoms with E-state index in [1.54, 1.807) is 25.7 Å². The number of rotatable bonds is 2. The molecule has 0 aromatic heterocycles. The summed E-state index contributed by atoms with van der Waals surface area (Å²) in [4.78, 5) is 0. The molecule has 0 unspecified atom stereocenters. The molecule has 2 saturated carbocycles. The predicted molar refractivity (Wildman–Crippen MR) is 90.9 cm³/mol. The van der Waals surface area contributed by atoms with Crippen molar-refractivity contribution in [3.05, 3.63) is 0 Å². The second-order valence-corrected chi connectivity index (χ2v) is 11.7. The van der Waals surface area contributed by atoms with Gasteiger partial charge in [0.15, 0.2) is 0 Å². The Morgan fingerprint density at radius 2 is 1.00 bits per heavy atom. The Labute approximate surface area is 135 Å². The molecule has 0 bridgehead atoms. The lowest BCUT2D eigenvalue weighted by Crippen LogP contribution is -3.00. The molecule has 2 aliphatic rings. The average Bonchev–Trinajstić information content (AvgIpc) is 2.39. The molecule has 22 heavy (non-hydrogen) atoms. The van der Waals surface area contributed by atoms with Crippen LogP contribution >= 0.6 is 7.92 Å². The molecule has 0 radical (unpaired) electrons. The van der Waals surface area contributed by atoms with Crippen molar-refractivity contribution in [1.82, 2.24) is 0 Å². The average molecular weight is 342 g/mol. The van der Waals surface area contributed by atoms with Crippen LogP contribution in [0.4, 0.5) is 12.9 Å². The summed E-state index contributed by atoms with van der Waals surface area (Å²) < 4.78 is 29.0. The maximum absolute atomic E-state index is 9.67. The minimum absolute atomic E-state index is 0. The van der Waals surface area contributed by atoms with Crippen LogP contribution < -0.4 is 4.70 Å². The molecule has 2 rings (SSSR count). The van der Waals surface area contributed by atoms with Gasteiger partial charge in [-0.15, -0.1) is 0 Å². The van der Waals surface area contributed by atoms with Crippen molar-refractivity contribution in [2.75, 3.05) is 0 Å². The largest absolute Gasteiger partial charge is 1.00 e. The van der Waals surface area contributed by atoms with Gasteiger partial charge in [-0.1, -0.05) is 12.8 Å². The molecule has 0 heterocycles. The van der Waals surface area contributed by atoms with Gasteiger partial charge in [-0.05, 0) is 72.1 Å². The maximum Gasteiger partial charge on any atom is 0.762 e. The van der Waals surface area contributed by atoms with E-state index in [1.165, 1.54) is 38.5 Å². The van der Waals surface area contributed by atoms with Crippen molar-refractivity contribution in [2.24, 2.45) is 0 Å².